The Labute approximate surface area is 135 Å². The lowest BCUT2D eigenvalue weighted by molar-refractivity contribution is 0.617. The molecule has 0 aliphatic carbocycles. The fourth-order valence-electron chi connectivity index (χ4n) is 2.54. The Morgan fingerprint density at radius 3 is 1.46 bits per heavy atom. The van der Waals surface area contributed by atoms with Gasteiger partial charge in [0.15, 0.2) is 22.5 Å². The number of rotatable bonds is 2. The molecule has 0 unspecified atom stereocenters. The average molecular weight is 314 g/mol. The summed E-state index contributed by atoms with van der Waals surface area (Å²) >= 11 is 0. The smallest absolute Gasteiger partial charge is 0.228 e. The van der Waals surface area contributed by atoms with Gasteiger partial charge in [0.2, 0.25) is 11.8 Å². The first kappa shape index (κ1) is 13.0. The van der Waals surface area contributed by atoms with E-state index in [0.29, 0.717) is 34.2 Å². The number of pyridine rings is 2. The van der Waals surface area contributed by atoms with E-state index >= 15 is 0 Å². The van der Waals surface area contributed by atoms with Crippen molar-refractivity contribution in [2.75, 3.05) is 0 Å². The Morgan fingerprint density at radius 2 is 1.04 bits per heavy atom. The second kappa shape index (κ2) is 4.99. The zero-order chi connectivity index (χ0) is 15.9. The molecule has 6 heteroatoms. The summed E-state index contributed by atoms with van der Waals surface area (Å²) in [5.74, 6) is 1.07. The van der Waals surface area contributed by atoms with Gasteiger partial charge in [0, 0.05) is 23.5 Å². The van der Waals surface area contributed by atoms with E-state index in [1.165, 1.54) is 0 Å². The molecule has 0 N–H and O–H groups in total. The minimum absolute atomic E-state index is 0.537. The van der Waals surface area contributed by atoms with E-state index in [0.717, 1.165) is 11.1 Å². The Balaban J connectivity index is 1.54. The van der Waals surface area contributed by atoms with Crippen LogP contribution in [0.25, 0.3) is 45.4 Å². The molecule has 5 rings (SSSR count). The van der Waals surface area contributed by atoms with E-state index in [1.807, 2.05) is 48.5 Å². The van der Waals surface area contributed by atoms with E-state index in [-0.39, 0.29) is 0 Å². The molecular formula is C18H10N4O2. The van der Waals surface area contributed by atoms with Gasteiger partial charge in [0.25, 0.3) is 0 Å². The first-order valence-corrected chi connectivity index (χ1v) is 7.41. The van der Waals surface area contributed by atoms with Crippen LogP contribution in [0.4, 0.5) is 0 Å². The summed E-state index contributed by atoms with van der Waals surface area (Å²) in [7, 11) is 0. The van der Waals surface area contributed by atoms with E-state index in [2.05, 4.69) is 19.9 Å². The highest BCUT2D eigenvalue weighted by Gasteiger charge is 2.11. The lowest BCUT2D eigenvalue weighted by Crippen LogP contribution is -1.81. The molecule has 4 heterocycles. The van der Waals surface area contributed by atoms with Gasteiger partial charge in [0.1, 0.15) is 0 Å². The number of benzene rings is 1. The number of hydrogen-bond acceptors (Lipinski definition) is 6. The standard InChI is InChI=1S/C18H10N4O2/c1-3-13-15(19-9-1)21-17(23-13)11-5-7-12(8-6-11)18-22-16-14(24-18)4-2-10-20-16/h1-10H. The largest absolute Gasteiger partial charge is 0.434 e. The predicted octanol–water partition coefficient (Wildman–Crippen LogP) is 4.09. The lowest BCUT2D eigenvalue weighted by atomic mass is 10.1. The number of nitrogens with zero attached hydrogens (tertiary/aromatic N) is 4. The molecule has 114 valence electrons. The summed E-state index contributed by atoms with van der Waals surface area (Å²) < 4.78 is 11.5. The highest BCUT2D eigenvalue weighted by molar-refractivity contribution is 5.74. The maximum absolute atomic E-state index is 5.73. The molecule has 0 bridgehead atoms. The minimum Gasteiger partial charge on any atom is -0.434 e. The van der Waals surface area contributed by atoms with E-state index < -0.39 is 0 Å². The van der Waals surface area contributed by atoms with Gasteiger partial charge in [0.05, 0.1) is 0 Å². The van der Waals surface area contributed by atoms with Crippen molar-refractivity contribution in [2.24, 2.45) is 0 Å². The molecule has 0 aliphatic heterocycles. The summed E-state index contributed by atoms with van der Waals surface area (Å²) in [5.41, 5.74) is 4.27. The monoisotopic (exact) mass is 314 g/mol. The molecule has 24 heavy (non-hydrogen) atoms. The first-order chi connectivity index (χ1) is 11.9. The molecule has 0 saturated carbocycles. The fraction of sp³-hybridized carbons (Fsp3) is 0. The molecule has 0 radical (unpaired) electrons. The Hall–Kier alpha value is -3.54. The van der Waals surface area contributed by atoms with Gasteiger partial charge in [-0.1, -0.05) is 0 Å². The van der Waals surface area contributed by atoms with Crippen molar-refractivity contribution in [1.82, 2.24) is 19.9 Å². The van der Waals surface area contributed by atoms with Crippen LogP contribution in [0.1, 0.15) is 0 Å². The van der Waals surface area contributed by atoms with E-state index in [4.69, 9.17) is 8.83 Å². The number of aromatic nitrogens is 4. The van der Waals surface area contributed by atoms with Gasteiger partial charge >= 0.3 is 0 Å². The van der Waals surface area contributed by atoms with Crippen LogP contribution in [0.15, 0.2) is 69.8 Å². The molecule has 1 aromatic carbocycles. The van der Waals surface area contributed by atoms with Crippen molar-refractivity contribution >= 4 is 22.5 Å². The summed E-state index contributed by atoms with van der Waals surface area (Å²) in [6.07, 6.45) is 3.39. The average Bonchev–Trinajstić information content (AvgIpc) is 3.25. The molecule has 0 aliphatic rings. The summed E-state index contributed by atoms with van der Waals surface area (Å²) in [5, 5.41) is 0. The van der Waals surface area contributed by atoms with Crippen molar-refractivity contribution in [3.8, 4) is 22.9 Å². The molecule has 0 fully saturated rings. The third kappa shape index (κ3) is 2.04. The molecule has 0 atom stereocenters. The third-order valence-electron chi connectivity index (χ3n) is 3.71. The van der Waals surface area contributed by atoms with Crippen LogP contribution in [0.2, 0.25) is 0 Å². The molecular weight excluding hydrogens is 304 g/mol. The maximum atomic E-state index is 5.73. The fourth-order valence-corrected chi connectivity index (χ4v) is 2.54. The van der Waals surface area contributed by atoms with E-state index in [1.54, 1.807) is 12.4 Å². The Morgan fingerprint density at radius 1 is 0.583 bits per heavy atom. The molecule has 0 spiro atoms. The van der Waals surface area contributed by atoms with Crippen LogP contribution in [0.5, 0.6) is 0 Å². The number of hydrogen-bond donors (Lipinski definition) is 0. The van der Waals surface area contributed by atoms with Gasteiger partial charge in [-0.15, -0.1) is 0 Å². The topological polar surface area (TPSA) is 77.8 Å². The summed E-state index contributed by atoms with van der Waals surface area (Å²) in [4.78, 5) is 17.1. The zero-order valence-electron chi connectivity index (χ0n) is 12.4. The van der Waals surface area contributed by atoms with Gasteiger partial charge in [-0.2, -0.15) is 9.97 Å². The van der Waals surface area contributed by atoms with Crippen LogP contribution in [-0.4, -0.2) is 19.9 Å². The van der Waals surface area contributed by atoms with Crippen LogP contribution in [0, 0.1) is 0 Å². The van der Waals surface area contributed by atoms with Crippen LogP contribution in [-0.2, 0) is 0 Å². The minimum atomic E-state index is 0.537. The lowest BCUT2D eigenvalue weighted by Gasteiger charge is -1.97. The van der Waals surface area contributed by atoms with Crippen LogP contribution < -0.4 is 0 Å². The van der Waals surface area contributed by atoms with Crippen LogP contribution in [0.3, 0.4) is 0 Å². The van der Waals surface area contributed by atoms with Gasteiger partial charge < -0.3 is 8.83 Å². The highest BCUT2D eigenvalue weighted by atomic mass is 16.4. The van der Waals surface area contributed by atoms with Crippen molar-refractivity contribution in [1.29, 1.82) is 0 Å². The normalized spacial score (nSPS) is 11.3. The van der Waals surface area contributed by atoms with E-state index in [9.17, 15) is 0 Å². The molecule has 4 aromatic heterocycles. The summed E-state index contributed by atoms with van der Waals surface area (Å²) in [6.45, 7) is 0. The second-order valence-corrected chi connectivity index (χ2v) is 5.27. The van der Waals surface area contributed by atoms with Gasteiger partial charge in [-0.25, -0.2) is 9.97 Å². The first-order valence-electron chi connectivity index (χ1n) is 7.41. The SMILES string of the molecule is c1cnc2nc(-c3ccc(-c4nc5ncccc5o4)cc3)oc2c1. The maximum Gasteiger partial charge on any atom is 0.228 e. The quantitative estimate of drug-likeness (QED) is 0.488. The van der Waals surface area contributed by atoms with Crippen molar-refractivity contribution in [2.45, 2.75) is 0 Å². The van der Waals surface area contributed by atoms with Crippen LogP contribution >= 0.6 is 0 Å². The molecule has 0 saturated heterocycles. The van der Waals surface area contributed by atoms with Crippen molar-refractivity contribution in [3.05, 3.63) is 60.9 Å². The zero-order valence-corrected chi connectivity index (χ0v) is 12.4. The van der Waals surface area contributed by atoms with Crippen molar-refractivity contribution < 1.29 is 8.83 Å². The summed E-state index contributed by atoms with van der Waals surface area (Å²) in [6, 6.07) is 15.0. The second-order valence-electron chi connectivity index (χ2n) is 5.27. The molecule has 0 amide bonds. The Bertz CT molecular complexity index is 1000. The van der Waals surface area contributed by atoms with Gasteiger partial charge in [-0.3, -0.25) is 0 Å². The molecule has 6 nitrogen and oxygen atoms in total. The molecule has 5 aromatic rings. The Kier molecular flexibility index (Phi) is 2.69. The third-order valence-corrected chi connectivity index (χ3v) is 3.71. The van der Waals surface area contributed by atoms with Crippen molar-refractivity contribution in [3.63, 3.8) is 0 Å². The number of fused-ring (bicyclic) bond motifs is 2. The van der Waals surface area contributed by atoms with Gasteiger partial charge in [-0.05, 0) is 48.5 Å². The number of oxazole rings is 2. The predicted molar refractivity (Wildman–Crippen MR) is 88.0 cm³/mol. The highest BCUT2D eigenvalue weighted by Crippen LogP contribution is 2.27.